The molecule has 6 heteroatoms. The molecule has 106 valence electrons. The Labute approximate surface area is 117 Å². The van der Waals surface area contributed by atoms with Gasteiger partial charge in [-0.2, -0.15) is 0 Å². The number of nitrogens with one attached hydrogen (secondary N) is 1. The maximum atomic E-state index is 13.5. The lowest BCUT2D eigenvalue weighted by Crippen LogP contribution is -2.52. The topological polar surface area (TPSA) is 32.3 Å². The van der Waals surface area contributed by atoms with Crippen molar-refractivity contribution in [3.63, 3.8) is 0 Å². The summed E-state index contributed by atoms with van der Waals surface area (Å²) >= 11 is 0. The van der Waals surface area contributed by atoms with Gasteiger partial charge in [-0.1, -0.05) is 12.1 Å². The molecule has 3 nitrogen and oxygen atoms in total. The van der Waals surface area contributed by atoms with E-state index in [1.165, 1.54) is 12.1 Å². The van der Waals surface area contributed by atoms with Crippen molar-refractivity contribution in [3.05, 3.63) is 35.4 Å². The first-order chi connectivity index (χ1) is 8.59. The van der Waals surface area contributed by atoms with Crippen molar-refractivity contribution in [2.24, 2.45) is 0 Å². The monoisotopic (exact) mass is 290 g/mol. The maximum Gasteiger partial charge on any atom is 0.227 e. The molecule has 0 radical (unpaired) electrons. The quantitative estimate of drug-likeness (QED) is 0.900. The molecular weight excluding hydrogens is 274 g/mol. The molecule has 1 atom stereocenters. The Morgan fingerprint density at radius 3 is 2.89 bits per heavy atom. The summed E-state index contributed by atoms with van der Waals surface area (Å²) in [6, 6.07) is 4.00. The molecule has 1 fully saturated rings. The third-order valence-electron chi connectivity index (χ3n) is 3.19. The van der Waals surface area contributed by atoms with Gasteiger partial charge in [0.15, 0.2) is 11.6 Å². The van der Waals surface area contributed by atoms with E-state index in [0.717, 1.165) is 19.2 Å². The first-order valence-electron chi connectivity index (χ1n) is 6.02. The number of halogens is 3. The van der Waals surface area contributed by atoms with Gasteiger partial charge in [-0.05, 0) is 13.0 Å². The lowest BCUT2D eigenvalue weighted by atomic mass is 10.1. The van der Waals surface area contributed by atoms with Gasteiger partial charge in [0, 0.05) is 31.2 Å². The second kappa shape index (κ2) is 6.82. The van der Waals surface area contributed by atoms with E-state index in [1.807, 2.05) is 6.92 Å². The molecular formula is C13H17ClF2N2O. The number of benzene rings is 1. The Balaban J connectivity index is 0.00000180. The van der Waals surface area contributed by atoms with E-state index >= 15 is 0 Å². The molecule has 0 bridgehead atoms. The Bertz CT molecular complexity index is 456. The van der Waals surface area contributed by atoms with E-state index < -0.39 is 11.6 Å². The number of rotatable bonds is 2. The fourth-order valence-electron chi connectivity index (χ4n) is 2.16. The summed E-state index contributed by atoms with van der Waals surface area (Å²) in [7, 11) is 0. The minimum atomic E-state index is -0.923. The Hall–Kier alpha value is -1.20. The van der Waals surface area contributed by atoms with Crippen LogP contribution >= 0.6 is 12.4 Å². The zero-order valence-corrected chi connectivity index (χ0v) is 11.5. The maximum absolute atomic E-state index is 13.5. The van der Waals surface area contributed by atoms with Gasteiger partial charge >= 0.3 is 0 Å². The standard InChI is InChI=1S/C13H16F2N2O.ClH/c1-9-8-16-5-6-17(9)12(18)7-10-3-2-4-11(14)13(10)15;/h2-4,9,16H,5-8H2,1H3;1H/t9-;/m1./s1. The average Bonchev–Trinajstić information content (AvgIpc) is 2.35. The SMILES string of the molecule is C[C@@H]1CNCCN1C(=O)Cc1cccc(F)c1F.Cl. The van der Waals surface area contributed by atoms with Crippen molar-refractivity contribution in [2.75, 3.05) is 19.6 Å². The highest BCUT2D eigenvalue weighted by Gasteiger charge is 2.24. The van der Waals surface area contributed by atoms with Crippen LogP contribution in [0, 0.1) is 11.6 Å². The highest BCUT2D eigenvalue weighted by Crippen LogP contribution is 2.14. The van der Waals surface area contributed by atoms with Crippen LogP contribution in [0.5, 0.6) is 0 Å². The zero-order chi connectivity index (χ0) is 13.1. The Morgan fingerprint density at radius 1 is 1.47 bits per heavy atom. The molecule has 0 aliphatic carbocycles. The Kier molecular flexibility index (Phi) is 5.69. The number of amides is 1. The molecule has 1 N–H and O–H groups in total. The van der Waals surface area contributed by atoms with Gasteiger partial charge in [0.05, 0.1) is 6.42 Å². The van der Waals surface area contributed by atoms with Crippen LogP contribution in [0.1, 0.15) is 12.5 Å². The van der Waals surface area contributed by atoms with Gasteiger partial charge in [0.2, 0.25) is 5.91 Å². The molecule has 0 aromatic heterocycles. The van der Waals surface area contributed by atoms with Crippen molar-refractivity contribution < 1.29 is 13.6 Å². The third-order valence-corrected chi connectivity index (χ3v) is 3.19. The molecule has 0 saturated carbocycles. The van der Waals surface area contributed by atoms with Crippen LogP contribution in [0.25, 0.3) is 0 Å². The smallest absolute Gasteiger partial charge is 0.227 e. The van der Waals surface area contributed by atoms with Gasteiger partial charge in [-0.15, -0.1) is 12.4 Å². The van der Waals surface area contributed by atoms with Crippen LogP contribution in [0.4, 0.5) is 8.78 Å². The molecule has 1 aromatic rings. The van der Waals surface area contributed by atoms with Gasteiger partial charge in [0.25, 0.3) is 0 Å². The van der Waals surface area contributed by atoms with Crippen molar-refractivity contribution in [1.82, 2.24) is 10.2 Å². The van der Waals surface area contributed by atoms with Crippen LogP contribution in [0.2, 0.25) is 0 Å². The van der Waals surface area contributed by atoms with E-state index in [1.54, 1.807) is 4.90 Å². The first kappa shape index (κ1) is 15.9. The lowest BCUT2D eigenvalue weighted by molar-refractivity contribution is -0.133. The van der Waals surface area contributed by atoms with Crippen LogP contribution in [-0.2, 0) is 11.2 Å². The molecule has 2 rings (SSSR count). The van der Waals surface area contributed by atoms with E-state index in [4.69, 9.17) is 0 Å². The predicted octanol–water partition coefficient (Wildman–Crippen LogP) is 1.75. The highest BCUT2D eigenvalue weighted by atomic mass is 35.5. The molecule has 1 heterocycles. The van der Waals surface area contributed by atoms with E-state index in [-0.39, 0.29) is 36.3 Å². The summed E-state index contributed by atoms with van der Waals surface area (Å²) in [4.78, 5) is 13.8. The summed E-state index contributed by atoms with van der Waals surface area (Å²) < 4.78 is 26.5. The van der Waals surface area contributed by atoms with Crippen LogP contribution in [0.3, 0.4) is 0 Å². The molecule has 19 heavy (non-hydrogen) atoms. The summed E-state index contributed by atoms with van der Waals surface area (Å²) in [6.45, 7) is 4.02. The molecule has 1 saturated heterocycles. The average molecular weight is 291 g/mol. The number of hydrogen-bond acceptors (Lipinski definition) is 2. The summed E-state index contributed by atoms with van der Waals surface area (Å²) in [5.74, 6) is -1.99. The Morgan fingerprint density at radius 2 is 2.21 bits per heavy atom. The minimum Gasteiger partial charge on any atom is -0.337 e. The summed E-state index contributed by atoms with van der Waals surface area (Å²) in [6.07, 6.45) is -0.0894. The highest BCUT2D eigenvalue weighted by molar-refractivity contribution is 5.85. The summed E-state index contributed by atoms with van der Waals surface area (Å²) in [5, 5.41) is 3.18. The second-order valence-corrected chi connectivity index (χ2v) is 4.53. The van der Waals surface area contributed by atoms with Gasteiger partial charge in [0.1, 0.15) is 0 Å². The number of piperazine rings is 1. The molecule has 1 aliphatic heterocycles. The minimum absolute atomic E-state index is 0. The number of hydrogen-bond donors (Lipinski definition) is 1. The van der Waals surface area contributed by atoms with Gasteiger partial charge in [-0.3, -0.25) is 4.79 Å². The molecule has 1 aromatic carbocycles. The predicted molar refractivity (Wildman–Crippen MR) is 71.4 cm³/mol. The molecule has 1 amide bonds. The van der Waals surface area contributed by atoms with Crippen LogP contribution in [-0.4, -0.2) is 36.5 Å². The van der Waals surface area contributed by atoms with Gasteiger partial charge in [-0.25, -0.2) is 8.78 Å². The van der Waals surface area contributed by atoms with E-state index in [2.05, 4.69) is 5.32 Å². The number of carbonyl (C=O) groups excluding carboxylic acids is 1. The number of nitrogens with zero attached hydrogens (tertiary/aromatic N) is 1. The van der Waals surface area contributed by atoms with E-state index in [0.29, 0.717) is 6.54 Å². The lowest BCUT2D eigenvalue weighted by Gasteiger charge is -2.34. The summed E-state index contributed by atoms with van der Waals surface area (Å²) in [5.41, 5.74) is 0.116. The first-order valence-corrected chi connectivity index (χ1v) is 6.02. The van der Waals surface area contributed by atoms with Gasteiger partial charge < -0.3 is 10.2 Å². The van der Waals surface area contributed by atoms with Crippen LogP contribution < -0.4 is 5.32 Å². The normalized spacial score (nSPS) is 18.9. The molecule has 0 spiro atoms. The largest absolute Gasteiger partial charge is 0.337 e. The second-order valence-electron chi connectivity index (χ2n) is 4.53. The van der Waals surface area contributed by atoms with Crippen molar-refractivity contribution in [1.29, 1.82) is 0 Å². The van der Waals surface area contributed by atoms with Crippen molar-refractivity contribution in [2.45, 2.75) is 19.4 Å². The van der Waals surface area contributed by atoms with Crippen molar-refractivity contribution in [3.8, 4) is 0 Å². The van der Waals surface area contributed by atoms with E-state index in [9.17, 15) is 13.6 Å². The van der Waals surface area contributed by atoms with Crippen LogP contribution in [0.15, 0.2) is 18.2 Å². The zero-order valence-electron chi connectivity index (χ0n) is 10.7. The number of carbonyl (C=O) groups is 1. The van der Waals surface area contributed by atoms with Crippen molar-refractivity contribution >= 4 is 18.3 Å². The molecule has 0 unspecified atom stereocenters. The molecule has 1 aliphatic rings. The fraction of sp³-hybridized carbons (Fsp3) is 0.462. The third kappa shape index (κ3) is 3.64. The fourth-order valence-corrected chi connectivity index (χ4v) is 2.16.